The number of hydrogen-bond acceptors (Lipinski definition) is 2. The van der Waals surface area contributed by atoms with Gasteiger partial charge in [-0.3, -0.25) is 4.79 Å². The lowest BCUT2D eigenvalue weighted by Crippen LogP contribution is -2.36. The first-order valence-electron chi connectivity index (χ1n) is 5.02. The molecular formula is C10H19NO2. The molecule has 1 aliphatic heterocycles. The zero-order valence-corrected chi connectivity index (χ0v) is 8.75. The van der Waals surface area contributed by atoms with Gasteiger partial charge in [0.15, 0.2) is 0 Å². The van der Waals surface area contributed by atoms with Crippen molar-refractivity contribution in [2.45, 2.75) is 33.2 Å². The molecule has 0 aromatic heterocycles. The molecule has 0 spiro atoms. The normalized spacial score (nSPS) is 28.1. The molecule has 0 saturated carbocycles. The van der Waals surface area contributed by atoms with Gasteiger partial charge in [0, 0.05) is 19.2 Å². The van der Waals surface area contributed by atoms with Crippen molar-refractivity contribution in [3.05, 3.63) is 0 Å². The van der Waals surface area contributed by atoms with Crippen LogP contribution in [0.1, 0.15) is 27.2 Å². The maximum absolute atomic E-state index is 11.6. The molecule has 3 nitrogen and oxygen atoms in total. The number of likely N-dealkylation sites (tertiary alicyclic amines) is 1. The van der Waals surface area contributed by atoms with Crippen LogP contribution < -0.4 is 0 Å². The molecule has 76 valence electrons. The van der Waals surface area contributed by atoms with E-state index in [4.69, 9.17) is 4.74 Å². The maximum atomic E-state index is 11.6. The lowest BCUT2D eigenvalue weighted by molar-refractivity contribution is -0.136. The van der Waals surface area contributed by atoms with E-state index in [-0.39, 0.29) is 12.5 Å². The van der Waals surface area contributed by atoms with Gasteiger partial charge in [-0.2, -0.15) is 0 Å². The Morgan fingerprint density at radius 1 is 1.54 bits per heavy atom. The van der Waals surface area contributed by atoms with Crippen LogP contribution in [0, 0.1) is 5.92 Å². The summed E-state index contributed by atoms with van der Waals surface area (Å²) in [6.45, 7) is 7.95. The molecule has 0 aromatic carbocycles. The van der Waals surface area contributed by atoms with Gasteiger partial charge in [0.1, 0.15) is 6.61 Å². The van der Waals surface area contributed by atoms with Crippen molar-refractivity contribution < 1.29 is 9.53 Å². The van der Waals surface area contributed by atoms with Crippen LogP contribution in [0.4, 0.5) is 0 Å². The maximum Gasteiger partial charge on any atom is 0.248 e. The summed E-state index contributed by atoms with van der Waals surface area (Å²) in [5.74, 6) is 0.777. The zero-order chi connectivity index (χ0) is 9.84. The van der Waals surface area contributed by atoms with Crippen molar-refractivity contribution in [2.75, 3.05) is 19.8 Å². The van der Waals surface area contributed by atoms with E-state index in [0.29, 0.717) is 18.6 Å². The highest BCUT2D eigenvalue weighted by molar-refractivity contribution is 5.78. The average molecular weight is 185 g/mol. The number of amides is 1. The van der Waals surface area contributed by atoms with Crippen molar-refractivity contribution in [3.63, 3.8) is 0 Å². The van der Waals surface area contributed by atoms with Crippen LogP contribution in [-0.4, -0.2) is 36.6 Å². The van der Waals surface area contributed by atoms with E-state index in [1.165, 1.54) is 0 Å². The van der Waals surface area contributed by atoms with Crippen molar-refractivity contribution in [1.29, 1.82) is 0 Å². The van der Waals surface area contributed by atoms with Crippen molar-refractivity contribution in [3.8, 4) is 0 Å². The zero-order valence-electron chi connectivity index (χ0n) is 8.75. The Bertz CT molecular complexity index is 182. The molecule has 1 amide bonds. The Morgan fingerprint density at radius 2 is 2.23 bits per heavy atom. The molecule has 0 aromatic rings. The van der Waals surface area contributed by atoms with E-state index >= 15 is 0 Å². The molecule has 2 atom stereocenters. The predicted molar refractivity (Wildman–Crippen MR) is 51.4 cm³/mol. The van der Waals surface area contributed by atoms with Gasteiger partial charge in [0.25, 0.3) is 0 Å². The first-order chi connectivity index (χ1) is 6.15. The van der Waals surface area contributed by atoms with Crippen LogP contribution >= 0.6 is 0 Å². The van der Waals surface area contributed by atoms with Crippen LogP contribution in [-0.2, 0) is 9.53 Å². The topological polar surface area (TPSA) is 29.5 Å². The van der Waals surface area contributed by atoms with E-state index in [9.17, 15) is 4.79 Å². The Balaban J connectivity index is 2.38. The lowest BCUT2D eigenvalue weighted by atomic mass is 10.1. The van der Waals surface area contributed by atoms with Crippen LogP contribution in [0.3, 0.4) is 0 Å². The van der Waals surface area contributed by atoms with Gasteiger partial charge in [0.2, 0.25) is 5.91 Å². The molecule has 2 unspecified atom stereocenters. The second-order valence-corrected chi connectivity index (χ2v) is 3.87. The summed E-state index contributed by atoms with van der Waals surface area (Å²) in [4.78, 5) is 13.5. The molecule has 13 heavy (non-hydrogen) atoms. The van der Waals surface area contributed by atoms with Gasteiger partial charge in [0.05, 0.1) is 0 Å². The van der Waals surface area contributed by atoms with Crippen LogP contribution in [0.2, 0.25) is 0 Å². The number of hydrogen-bond donors (Lipinski definition) is 0. The summed E-state index contributed by atoms with van der Waals surface area (Å²) < 4.78 is 5.10. The van der Waals surface area contributed by atoms with Gasteiger partial charge in [-0.05, 0) is 26.2 Å². The summed E-state index contributed by atoms with van der Waals surface area (Å²) >= 11 is 0. The molecule has 1 fully saturated rings. The third kappa shape index (κ3) is 2.69. The second kappa shape index (κ2) is 4.61. The standard InChI is InChI=1S/C10H19NO2/c1-4-13-7-10(12)11-6-8(2)5-9(11)3/h8-9H,4-7H2,1-3H3. The predicted octanol–water partition coefficient (Wildman–Crippen LogP) is 1.28. The molecule has 3 heteroatoms. The minimum atomic E-state index is 0.138. The van der Waals surface area contributed by atoms with E-state index in [1.807, 2.05) is 11.8 Å². The molecule has 0 bridgehead atoms. The van der Waals surface area contributed by atoms with E-state index in [2.05, 4.69) is 13.8 Å². The SMILES string of the molecule is CCOCC(=O)N1CC(C)CC1C. The molecule has 1 heterocycles. The number of carbonyl (C=O) groups is 1. The Labute approximate surface area is 80.1 Å². The molecule has 1 aliphatic rings. The van der Waals surface area contributed by atoms with Crippen LogP contribution in [0.15, 0.2) is 0 Å². The lowest BCUT2D eigenvalue weighted by Gasteiger charge is -2.21. The first-order valence-corrected chi connectivity index (χ1v) is 5.02. The van der Waals surface area contributed by atoms with Gasteiger partial charge in [-0.15, -0.1) is 0 Å². The molecule has 0 radical (unpaired) electrons. The Morgan fingerprint density at radius 3 is 2.69 bits per heavy atom. The second-order valence-electron chi connectivity index (χ2n) is 3.87. The van der Waals surface area contributed by atoms with Gasteiger partial charge in [-0.1, -0.05) is 6.92 Å². The number of rotatable bonds is 3. The Hall–Kier alpha value is -0.570. The minimum Gasteiger partial charge on any atom is -0.372 e. The quantitative estimate of drug-likeness (QED) is 0.663. The molecule has 0 aliphatic carbocycles. The number of nitrogens with zero attached hydrogens (tertiary/aromatic N) is 1. The fraction of sp³-hybridized carbons (Fsp3) is 0.900. The third-order valence-corrected chi connectivity index (χ3v) is 2.53. The summed E-state index contributed by atoms with van der Waals surface area (Å²) in [6, 6.07) is 0.392. The van der Waals surface area contributed by atoms with Crippen molar-refractivity contribution >= 4 is 5.91 Å². The fourth-order valence-corrected chi connectivity index (χ4v) is 1.92. The summed E-state index contributed by atoms with van der Waals surface area (Å²) in [7, 11) is 0. The average Bonchev–Trinajstić information content (AvgIpc) is 2.41. The molecule has 0 N–H and O–H groups in total. The first kappa shape index (κ1) is 10.5. The van der Waals surface area contributed by atoms with Gasteiger partial charge in [-0.25, -0.2) is 0 Å². The molecule has 1 saturated heterocycles. The van der Waals surface area contributed by atoms with Crippen LogP contribution in [0.25, 0.3) is 0 Å². The summed E-state index contributed by atoms with van der Waals surface area (Å²) in [5, 5.41) is 0. The van der Waals surface area contributed by atoms with E-state index in [0.717, 1.165) is 13.0 Å². The van der Waals surface area contributed by atoms with E-state index < -0.39 is 0 Å². The highest BCUT2D eigenvalue weighted by atomic mass is 16.5. The van der Waals surface area contributed by atoms with Gasteiger partial charge < -0.3 is 9.64 Å². The van der Waals surface area contributed by atoms with Crippen molar-refractivity contribution in [1.82, 2.24) is 4.90 Å². The molecular weight excluding hydrogens is 166 g/mol. The smallest absolute Gasteiger partial charge is 0.248 e. The highest BCUT2D eigenvalue weighted by Crippen LogP contribution is 2.22. The Kier molecular flexibility index (Phi) is 3.72. The minimum absolute atomic E-state index is 0.138. The largest absolute Gasteiger partial charge is 0.372 e. The summed E-state index contributed by atoms with van der Waals surface area (Å²) in [5.41, 5.74) is 0. The van der Waals surface area contributed by atoms with Gasteiger partial charge >= 0.3 is 0 Å². The van der Waals surface area contributed by atoms with Crippen molar-refractivity contribution in [2.24, 2.45) is 5.92 Å². The fourth-order valence-electron chi connectivity index (χ4n) is 1.92. The monoisotopic (exact) mass is 185 g/mol. The summed E-state index contributed by atoms with van der Waals surface area (Å²) in [6.07, 6.45) is 1.12. The number of ether oxygens (including phenoxy) is 1. The van der Waals surface area contributed by atoms with Crippen LogP contribution in [0.5, 0.6) is 0 Å². The third-order valence-electron chi connectivity index (χ3n) is 2.53. The number of carbonyl (C=O) groups excluding carboxylic acids is 1. The molecule has 1 rings (SSSR count). The highest BCUT2D eigenvalue weighted by Gasteiger charge is 2.29. The van der Waals surface area contributed by atoms with E-state index in [1.54, 1.807) is 0 Å².